The fourth-order valence-corrected chi connectivity index (χ4v) is 3.06. The molecule has 0 spiro atoms. The van der Waals surface area contributed by atoms with Crippen molar-refractivity contribution in [1.29, 1.82) is 0 Å². The van der Waals surface area contributed by atoms with E-state index >= 15 is 0 Å². The molecular weight excluding hydrogens is 290 g/mol. The highest BCUT2D eigenvalue weighted by Crippen LogP contribution is 2.24. The SMILES string of the molecule is CCc1nncn1C1CCN(C(=O)Nc2cccc(C)c2C)C1. The lowest BCUT2D eigenvalue weighted by molar-refractivity contribution is 0.220. The van der Waals surface area contributed by atoms with E-state index in [1.54, 1.807) is 6.33 Å². The van der Waals surface area contributed by atoms with Crippen molar-refractivity contribution in [2.75, 3.05) is 18.4 Å². The van der Waals surface area contributed by atoms with Crippen LogP contribution in [0.1, 0.15) is 36.3 Å². The second kappa shape index (κ2) is 6.40. The summed E-state index contributed by atoms with van der Waals surface area (Å²) in [5, 5.41) is 11.2. The molecule has 1 unspecified atom stereocenters. The Labute approximate surface area is 136 Å². The van der Waals surface area contributed by atoms with E-state index in [0.717, 1.165) is 36.5 Å². The molecule has 1 saturated heterocycles. The molecule has 1 aliphatic rings. The number of rotatable bonds is 3. The number of carbonyl (C=O) groups is 1. The number of benzene rings is 1. The van der Waals surface area contributed by atoms with E-state index in [-0.39, 0.29) is 12.1 Å². The van der Waals surface area contributed by atoms with Gasteiger partial charge in [-0.2, -0.15) is 0 Å². The van der Waals surface area contributed by atoms with Crippen LogP contribution in [0, 0.1) is 13.8 Å². The van der Waals surface area contributed by atoms with Gasteiger partial charge in [0.2, 0.25) is 0 Å². The van der Waals surface area contributed by atoms with Gasteiger partial charge in [0.25, 0.3) is 0 Å². The van der Waals surface area contributed by atoms with Crippen molar-refractivity contribution in [3.05, 3.63) is 41.5 Å². The molecule has 2 amide bonds. The highest BCUT2D eigenvalue weighted by atomic mass is 16.2. The first-order valence-electron chi connectivity index (χ1n) is 8.10. The number of aryl methyl sites for hydroxylation is 2. The Balaban J connectivity index is 1.67. The molecule has 1 fully saturated rings. The Morgan fingerprint density at radius 2 is 2.22 bits per heavy atom. The van der Waals surface area contributed by atoms with Crippen molar-refractivity contribution in [3.8, 4) is 0 Å². The third-order valence-corrected chi connectivity index (χ3v) is 4.65. The van der Waals surface area contributed by atoms with Crippen molar-refractivity contribution in [2.45, 2.75) is 39.7 Å². The summed E-state index contributed by atoms with van der Waals surface area (Å²) in [6.07, 6.45) is 3.56. The van der Waals surface area contributed by atoms with Gasteiger partial charge in [-0.1, -0.05) is 19.1 Å². The maximum Gasteiger partial charge on any atom is 0.321 e. The topological polar surface area (TPSA) is 63.1 Å². The lowest BCUT2D eigenvalue weighted by atomic mass is 10.1. The summed E-state index contributed by atoms with van der Waals surface area (Å²) < 4.78 is 2.10. The smallest absolute Gasteiger partial charge is 0.321 e. The number of carbonyl (C=O) groups excluding carboxylic acids is 1. The van der Waals surface area contributed by atoms with E-state index in [1.807, 2.05) is 24.0 Å². The summed E-state index contributed by atoms with van der Waals surface area (Å²) in [6.45, 7) is 7.60. The number of amides is 2. The highest BCUT2D eigenvalue weighted by molar-refractivity contribution is 5.90. The first-order chi connectivity index (χ1) is 11.1. The first-order valence-corrected chi connectivity index (χ1v) is 8.10. The van der Waals surface area contributed by atoms with Crippen molar-refractivity contribution in [1.82, 2.24) is 19.7 Å². The van der Waals surface area contributed by atoms with Crippen LogP contribution in [0.3, 0.4) is 0 Å². The predicted molar refractivity (Wildman–Crippen MR) is 89.6 cm³/mol. The minimum atomic E-state index is -0.0349. The third-order valence-electron chi connectivity index (χ3n) is 4.65. The standard InChI is InChI=1S/C17H23N5O/c1-4-16-20-18-11-22(16)14-8-9-21(10-14)17(23)19-15-7-5-6-12(2)13(15)3/h5-7,11,14H,4,8-10H2,1-3H3,(H,19,23). The predicted octanol–water partition coefficient (Wildman–Crippen LogP) is 2.94. The number of hydrogen-bond acceptors (Lipinski definition) is 3. The van der Waals surface area contributed by atoms with E-state index in [2.05, 4.69) is 40.0 Å². The van der Waals surface area contributed by atoms with Gasteiger partial charge in [0.15, 0.2) is 0 Å². The molecule has 1 aromatic heterocycles. The molecule has 1 aromatic carbocycles. The van der Waals surface area contributed by atoms with Gasteiger partial charge in [0, 0.05) is 25.2 Å². The van der Waals surface area contributed by atoms with E-state index in [4.69, 9.17) is 0 Å². The van der Waals surface area contributed by atoms with E-state index in [0.29, 0.717) is 6.54 Å². The molecule has 2 aromatic rings. The van der Waals surface area contributed by atoms with Crippen molar-refractivity contribution in [3.63, 3.8) is 0 Å². The average molecular weight is 313 g/mol. The number of anilines is 1. The van der Waals surface area contributed by atoms with Crippen LogP contribution < -0.4 is 5.32 Å². The van der Waals surface area contributed by atoms with Crippen LogP contribution in [-0.2, 0) is 6.42 Å². The third kappa shape index (κ3) is 3.06. The fraction of sp³-hybridized carbons (Fsp3) is 0.471. The quantitative estimate of drug-likeness (QED) is 0.947. The van der Waals surface area contributed by atoms with Crippen molar-refractivity contribution < 1.29 is 4.79 Å². The molecule has 0 saturated carbocycles. The summed E-state index contributed by atoms with van der Waals surface area (Å²) >= 11 is 0. The highest BCUT2D eigenvalue weighted by Gasteiger charge is 2.28. The maximum atomic E-state index is 12.5. The molecule has 6 heteroatoms. The van der Waals surface area contributed by atoms with Crippen LogP contribution in [-0.4, -0.2) is 38.8 Å². The number of likely N-dealkylation sites (tertiary alicyclic amines) is 1. The van der Waals surface area contributed by atoms with Crippen molar-refractivity contribution >= 4 is 11.7 Å². The number of urea groups is 1. The van der Waals surface area contributed by atoms with Crippen LogP contribution in [0.2, 0.25) is 0 Å². The van der Waals surface area contributed by atoms with Gasteiger partial charge in [0.05, 0.1) is 6.04 Å². The average Bonchev–Trinajstić information content (AvgIpc) is 3.19. The van der Waals surface area contributed by atoms with Gasteiger partial charge in [-0.05, 0) is 37.5 Å². The van der Waals surface area contributed by atoms with Crippen LogP contribution in [0.4, 0.5) is 10.5 Å². The lowest BCUT2D eigenvalue weighted by Crippen LogP contribution is -2.33. The monoisotopic (exact) mass is 313 g/mol. The molecule has 2 heterocycles. The van der Waals surface area contributed by atoms with E-state index in [9.17, 15) is 4.79 Å². The number of aromatic nitrogens is 3. The molecule has 23 heavy (non-hydrogen) atoms. The van der Waals surface area contributed by atoms with Gasteiger partial charge in [-0.3, -0.25) is 0 Å². The van der Waals surface area contributed by atoms with Crippen LogP contribution in [0.15, 0.2) is 24.5 Å². The summed E-state index contributed by atoms with van der Waals surface area (Å²) in [6, 6.07) is 6.20. The zero-order valence-corrected chi connectivity index (χ0v) is 13.9. The zero-order valence-electron chi connectivity index (χ0n) is 13.9. The number of nitrogens with zero attached hydrogens (tertiary/aromatic N) is 4. The first kappa shape index (κ1) is 15.5. The fourth-order valence-electron chi connectivity index (χ4n) is 3.06. The summed E-state index contributed by atoms with van der Waals surface area (Å²) in [7, 11) is 0. The Kier molecular flexibility index (Phi) is 4.32. The molecule has 0 bridgehead atoms. The second-order valence-corrected chi connectivity index (χ2v) is 6.07. The number of hydrogen-bond donors (Lipinski definition) is 1. The Bertz CT molecular complexity index is 709. The zero-order chi connectivity index (χ0) is 16.4. The molecule has 6 nitrogen and oxygen atoms in total. The lowest BCUT2D eigenvalue weighted by Gasteiger charge is -2.19. The summed E-state index contributed by atoms with van der Waals surface area (Å²) in [5.41, 5.74) is 3.18. The number of nitrogens with one attached hydrogen (secondary N) is 1. The summed E-state index contributed by atoms with van der Waals surface area (Å²) in [5.74, 6) is 0.979. The molecule has 122 valence electrons. The van der Waals surface area contributed by atoms with Crippen molar-refractivity contribution in [2.24, 2.45) is 0 Å². The Hall–Kier alpha value is -2.37. The molecule has 1 atom stereocenters. The van der Waals surface area contributed by atoms with Gasteiger partial charge in [0.1, 0.15) is 12.2 Å². The molecule has 0 aliphatic carbocycles. The van der Waals surface area contributed by atoms with E-state index in [1.165, 1.54) is 5.56 Å². The van der Waals surface area contributed by atoms with Gasteiger partial charge in [-0.25, -0.2) is 4.79 Å². The minimum Gasteiger partial charge on any atom is -0.322 e. The van der Waals surface area contributed by atoms with Crippen LogP contribution >= 0.6 is 0 Å². The van der Waals surface area contributed by atoms with Gasteiger partial charge >= 0.3 is 6.03 Å². The van der Waals surface area contributed by atoms with Gasteiger partial charge < -0.3 is 14.8 Å². The van der Waals surface area contributed by atoms with Crippen LogP contribution in [0.5, 0.6) is 0 Å². The largest absolute Gasteiger partial charge is 0.322 e. The Morgan fingerprint density at radius 3 is 3.00 bits per heavy atom. The molecule has 1 N–H and O–H groups in total. The molecule has 3 rings (SSSR count). The Morgan fingerprint density at radius 1 is 1.39 bits per heavy atom. The second-order valence-electron chi connectivity index (χ2n) is 6.07. The normalized spacial score (nSPS) is 17.5. The molecular formula is C17H23N5O. The summed E-state index contributed by atoms with van der Waals surface area (Å²) in [4.78, 5) is 14.4. The molecule has 0 radical (unpaired) electrons. The maximum absolute atomic E-state index is 12.5. The minimum absolute atomic E-state index is 0.0349. The van der Waals surface area contributed by atoms with Crippen LogP contribution in [0.25, 0.3) is 0 Å². The van der Waals surface area contributed by atoms with Gasteiger partial charge in [-0.15, -0.1) is 10.2 Å². The molecule has 1 aliphatic heterocycles. The van der Waals surface area contributed by atoms with E-state index < -0.39 is 0 Å².